The zero-order chi connectivity index (χ0) is 21.2. The summed E-state index contributed by atoms with van der Waals surface area (Å²) in [6.07, 6.45) is -4.09. The maximum Gasteiger partial charge on any atom is 0.417 e. The lowest BCUT2D eigenvalue weighted by Crippen LogP contribution is -2.17. The molecule has 2 heterocycles. The molecule has 0 aliphatic carbocycles. The second-order valence-electron chi connectivity index (χ2n) is 6.84. The van der Waals surface area contributed by atoms with Crippen molar-refractivity contribution in [3.63, 3.8) is 0 Å². The third-order valence-corrected chi connectivity index (χ3v) is 5.52. The van der Waals surface area contributed by atoms with Gasteiger partial charge >= 0.3 is 11.9 Å². The van der Waals surface area contributed by atoms with Crippen molar-refractivity contribution in [3.05, 3.63) is 57.6 Å². The Kier molecular flexibility index (Phi) is 6.03. The monoisotopic (exact) mass is 420 g/mol. The average Bonchev–Trinajstić information content (AvgIpc) is 2.98. The fraction of sp³-hybridized carbons (Fsp3) is 0.350. The van der Waals surface area contributed by atoms with Gasteiger partial charge in [-0.1, -0.05) is 26.0 Å². The highest BCUT2D eigenvalue weighted by molar-refractivity contribution is 7.99. The first-order chi connectivity index (χ1) is 13.7. The first-order valence-corrected chi connectivity index (χ1v) is 10.0. The van der Waals surface area contributed by atoms with Crippen LogP contribution in [0, 0.1) is 11.3 Å². The molecule has 0 fully saturated rings. The van der Waals surface area contributed by atoms with Gasteiger partial charge in [0.25, 0.3) is 0 Å². The number of thioether (sulfide) groups is 1. The maximum absolute atomic E-state index is 13.4. The molecule has 29 heavy (non-hydrogen) atoms. The van der Waals surface area contributed by atoms with E-state index in [-0.39, 0.29) is 16.6 Å². The van der Waals surface area contributed by atoms with Gasteiger partial charge in [-0.3, -0.25) is 4.57 Å². The SMILES string of the molecule is CC(C)c1cc(C(F)(F)F)c(C#N)c(SCCCn2c(=O)[nH]c3ccccc32)n1. The molecule has 0 aliphatic rings. The van der Waals surface area contributed by atoms with Crippen molar-refractivity contribution in [1.29, 1.82) is 5.26 Å². The molecular formula is C20H19F3N4OS. The molecule has 2 aromatic heterocycles. The molecule has 0 atom stereocenters. The van der Waals surface area contributed by atoms with E-state index < -0.39 is 17.3 Å². The minimum absolute atomic E-state index is 0.0808. The van der Waals surface area contributed by atoms with Crippen LogP contribution < -0.4 is 5.69 Å². The van der Waals surface area contributed by atoms with E-state index in [0.717, 1.165) is 28.9 Å². The number of aromatic amines is 1. The van der Waals surface area contributed by atoms with Crippen LogP contribution in [-0.4, -0.2) is 20.3 Å². The van der Waals surface area contributed by atoms with E-state index in [1.165, 1.54) is 0 Å². The summed E-state index contributed by atoms with van der Waals surface area (Å²) in [6.45, 7) is 3.92. The molecule has 0 amide bonds. The molecule has 0 bridgehead atoms. The summed E-state index contributed by atoms with van der Waals surface area (Å²) >= 11 is 1.11. The zero-order valence-electron chi connectivity index (χ0n) is 15.9. The van der Waals surface area contributed by atoms with Crippen molar-refractivity contribution in [3.8, 4) is 6.07 Å². The second-order valence-corrected chi connectivity index (χ2v) is 7.92. The predicted molar refractivity (Wildman–Crippen MR) is 106 cm³/mol. The van der Waals surface area contributed by atoms with Crippen molar-refractivity contribution in [2.24, 2.45) is 0 Å². The van der Waals surface area contributed by atoms with Gasteiger partial charge in [-0.15, -0.1) is 11.8 Å². The molecule has 152 valence electrons. The molecule has 0 spiro atoms. The standard InChI is InChI=1S/C20H19F3N4OS/c1-12(2)16-10-14(20(21,22)23)13(11-24)18(25-16)29-9-5-8-27-17-7-4-3-6-15(17)26-19(27)28/h3-4,6-7,10,12H,5,8-9H2,1-2H3,(H,26,28). The summed E-state index contributed by atoms with van der Waals surface area (Å²) < 4.78 is 41.8. The highest BCUT2D eigenvalue weighted by Gasteiger charge is 2.36. The van der Waals surface area contributed by atoms with E-state index in [0.29, 0.717) is 24.4 Å². The summed E-state index contributed by atoms with van der Waals surface area (Å²) in [5, 5.41) is 9.38. The Morgan fingerprint density at radius 3 is 2.69 bits per heavy atom. The summed E-state index contributed by atoms with van der Waals surface area (Å²) in [5.74, 6) is 0.222. The number of benzene rings is 1. The first-order valence-electron chi connectivity index (χ1n) is 9.05. The van der Waals surface area contributed by atoms with Crippen LogP contribution >= 0.6 is 11.8 Å². The first kappa shape index (κ1) is 21.0. The zero-order valence-corrected chi connectivity index (χ0v) is 16.7. The van der Waals surface area contributed by atoms with Crippen LogP contribution in [0.15, 0.2) is 40.2 Å². The molecule has 1 aromatic carbocycles. The Morgan fingerprint density at radius 1 is 1.31 bits per heavy atom. The lowest BCUT2D eigenvalue weighted by molar-refractivity contribution is -0.138. The molecule has 0 saturated carbocycles. The van der Waals surface area contributed by atoms with E-state index in [4.69, 9.17) is 0 Å². The van der Waals surface area contributed by atoms with E-state index >= 15 is 0 Å². The number of nitrogens with one attached hydrogen (secondary N) is 1. The smallest absolute Gasteiger partial charge is 0.306 e. The number of para-hydroxylation sites is 2. The molecule has 0 aliphatic heterocycles. The molecule has 9 heteroatoms. The van der Waals surface area contributed by atoms with Crippen molar-refractivity contribution in [2.75, 3.05) is 5.75 Å². The number of hydrogen-bond donors (Lipinski definition) is 1. The topological polar surface area (TPSA) is 74.5 Å². The second kappa shape index (κ2) is 8.33. The third-order valence-electron chi connectivity index (χ3n) is 4.46. The quantitative estimate of drug-likeness (QED) is 0.454. The lowest BCUT2D eigenvalue weighted by Gasteiger charge is -2.15. The van der Waals surface area contributed by atoms with Crippen LogP contribution in [0.2, 0.25) is 0 Å². The van der Waals surface area contributed by atoms with E-state index in [9.17, 15) is 23.2 Å². The van der Waals surface area contributed by atoms with Gasteiger partial charge in [-0.2, -0.15) is 18.4 Å². The number of fused-ring (bicyclic) bond motifs is 1. The van der Waals surface area contributed by atoms with Crippen LogP contribution in [0.5, 0.6) is 0 Å². The van der Waals surface area contributed by atoms with Crippen LogP contribution in [0.25, 0.3) is 11.0 Å². The fourth-order valence-corrected chi connectivity index (χ4v) is 3.93. The summed E-state index contributed by atoms with van der Waals surface area (Å²) in [6, 6.07) is 9.92. The number of pyridine rings is 1. The molecule has 0 radical (unpaired) electrons. The van der Waals surface area contributed by atoms with Gasteiger partial charge in [0.15, 0.2) is 0 Å². The minimum atomic E-state index is -4.62. The molecule has 0 unspecified atom stereocenters. The summed E-state index contributed by atoms with van der Waals surface area (Å²) in [7, 11) is 0. The Hall–Kier alpha value is -2.73. The minimum Gasteiger partial charge on any atom is -0.306 e. The number of alkyl halides is 3. The van der Waals surface area contributed by atoms with Crippen molar-refractivity contribution in [1.82, 2.24) is 14.5 Å². The number of rotatable bonds is 6. The molecule has 0 saturated heterocycles. The lowest BCUT2D eigenvalue weighted by atomic mass is 10.0. The normalized spacial score (nSPS) is 11.9. The van der Waals surface area contributed by atoms with Crippen LogP contribution in [-0.2, 0) is 12.7 Å². The van der Waals surface area contributed by atoms with Gasteiger partial charge in [-0.05, 0) is 30.5 Å². The van der Waals surface area contributed by atoms with E-state index in [1.807, 2.05) is 18.2 Å². The van der Waals surface area contributed by atoms with E-state index in [1.54, 1.807) is 30.6 Å². The number of nitriles is 1. The van der Waals surface area contributed by atoms with Crippen LogP contribution in [0.3, 0.4) is 0 Å². The summed E-state index contributed by atoms with van der Waals surface area (Å²) in [5.41, 5.74) is 0.183. The molecule has 3 rings (SSSR count). The highest BCUT2D eigenvalue weighted by Crippen LogP contribution is 2.37. The number of hydrogen-bond acceptors (Lipinski definition) is 4. The molecule has 3 aromatic rings. The van der Waals surface area contributed by atoms with E-state index in [2.05, 4.69) is 9.97 Å². The highest BCUT2D eigenvalue weighted by atomic mass is 32.2. The predicted octanol–water partition coefficient (Wildman–Crippen LogP) is 4.92. The van der Waals surface area contributed by atoms with Gasteiger partial charge in [-0.25, -0.2) is 9.78 Å². The fourth-order valence-electron chi connectivity index (χ4n) is 2.99. The van der Waals surface area contributed by atoms with Gasteiger partial charge in [0.05, 0.1) is 22.2 Å². The Balaban J connectivity index is 1.79. The largest absolute Gasteiger partial charge is 0.417 e. The number of aryl methyl sites for hydroxylation is 1. The number of aromatic nitrogens is 3. The molecule has 5 nitrogen and oxygen atoms in total. The number of imidazole rings is 1. The molecule has 1 N–H and O–H groups in total. The Bertz CT molecular complexity index is 1130. The number of halogens is 3. The van der Waals surface area contributed by atoms with Crippen molar-refractivity contribution >= 4 is 22.8 Å². The number of H-pyrrole nitrogens is 1. The maximum atomic E-state index is 13.4. The van der Waals surface area contributed by atoms with Gasteiger partial charge in [0, 0.05) is 18.0 Å². The Morgan fingerprint density at radius 2 is 2.03 bits per heavy atom. The summed E-state index contributed by atoms with van der Waals surface area (Å²) in [4.78, 5) is 19.2. The van der Waals surface area contributed by atoms with Crippen LogP contribution in [0.4, 0.5) is 13.2 Å². The number of nitrogens with zero attached hydrogens (tertiary/aromatic N) is 3. The van der Waals surface area contributed by atoms with Crippen molar-refractivity contribution < 1.29 is 13.2 Å². The van der Waals surface area contributed by atoms with Crippen LogP contribution in [0.1, 0.15) is 43.0 Å². The Labute approximate surface area is 169 Å². The van der Waals surface area contributed by atoms with Crippen molar-refractivity contribution in [2.45, 2.75) is 43.9 Å². The van der Waals surface area contributed by atoms with Gasteiger partial charge < -0.3 is 4.98 Å². The average molecular weight is 420 g/mol. The van der Waals surface area contributed by atoms with Gasteiger partial charge in [0.1, 0.15) is 11.1 Å². The third kappa shape index (κ3) is 4.48. The van der Waals surface area contributed by atoms with Gasteiger partial charge in [0.2, 0.25) is 0 Å². The molecular weight excluding hydrogens is 401 g/mol.